The summed E-state index contributed by atoms with van der Waals surface area (Å²) >= 11 is 1.61. The number of hydrogen-bond acceptors (Lipinski definition) is 4. The number of amides is 1. The first-order valence-corrected chi connectivity index (χ1v) is 10.1. The van der Waals surface area contributed by atoms with Crippen LogP contribution in [-0.4, -0.2) is 11.7 Å². The second kappa shape index (κ2) is 6.34. The molecule has 4 nitrogen and oxygen atoms in total. The number of para-hydroxylation sites is 2. The van der Waals surface area contributed by atoms with Gasteiger partial charge in [0.1, 0.15) is 6.04 Å². The van der Waals surface area contributed by atoms with Crippen molar-refractivity contribution < 1.29 is 9.59 Å². The number of thiophene rings is 1. The van der Waals surface area contributed by atoms with Crippen molar-refractivity contribution in [2.45, 2.75) is 46.6 Å². The van der Waals surface area contributed by atoms with Crippen LogP contribution < -0.4 is 10.2 Å². The minimum Gasteiger partial charge on any atom is -0.357 e. The SMILES string of the molecule is CC(=O)N1c2ccccc2NC2=C(C(=O)CC(C)(C)C2)[C@H]1c1sccc1C. The summed E-state index contributed by atoms with van der Waals surface area (Å²) in [5.41, 5.74) is 4.40. The lowest BCUT2D eigenvalue weighted by Gasteiger charge is -2.36. The third-order valence-electron chi connectivity index (χ3n) is 5.39. The van der Waals surface area contributed by atoms with Crippen molar-refractivity contribution in [3.8, 4) is 0 Å². The number of hydrogen-bond donors (Lipinski definition) is 1. The van der Waals surface area contributed by atoms with Crippen molar-refractivity contribution in [3.05, 3.63) is 57.4 Å². The summed E-state index contributed by atoms with van der Waals surface area (Å²) in [7, 11) is 0. The van der Waals surface area contributed by atoms with Crippen LogP contribution in [0.15, 0.2) is 47.0 Å². The fourth-order valence-electron chi connectivity index (χ4n) is 4.25. The first kappa shape index (κ1) is 18.0. The smallest absolute Gasteiger partial charge is 0.224 e. The van der Waals surface area contributed by atoms with Crippen LogP contribution in [0.4, 0.5) is 11.4 Å². The van der Waals surface area contributed by atoms with E-state index in [2.05, 4.69) is 25.2 Å². The number of nitrogens with zero attached hydrogens (tertiary/aromatic N) is 1. The van der Waals surface area contributed by atoms with Crippen molar-refractivity contribution in [1.29, 1.82) is 0 Å². The molecule has 1 aliphatic carbocycles. The van der Waals surface area contributed by atoms with E-state index in [0.717, 1.165) is 39.5 Å². The molecule has 0 bridgehead atoms. The first-order valence-electron chi connectivity index (χ1n) is 9.24. The van der Waals surface area contributed by atoms with E-state index < -0.39 is 0 Å². The van der Waals surface area contributed by atoms with Crippen LogP contribution in [0, 0.1) is 12.3 Å². The molecule has 2 heterocycles. The normalized spacial score (nSPS) is 21.3. The zero-order valence-electron chi connectivity index (χ0n) is 16.1. The highest BCUT2D eigenvalue weighted by Crippen LogP contribution is 2.49. The molecule has 1 aliphatic heterocycles. The molecule has 0 spiro atoms. The molecular weight excluding hydrogens is 356 g/mol. The number of Topliss-reactive ketones (excluding diaryl/α,β-unsaturated/α-hetero) is 1. The molecule has 1 aromatic heterocycles. The fraction of sp³-hybridized carbons (Fsp3) is 0.364. The number of rotatable bonds is 1. The van der Waals surface area contributed by atoms with Gasteiger partial charge in [0.15, 0.2) is 5.78 Å². The Kier molecular flexibility index (Phi) is 4.22. The Morgan fingerprint density at radius 3 is 2.63 bits per heavy atom. The van der Waals surface area contributed by atoms with Gasteiger partial charge in [-0.3, -0.25) is 14.5 Å². The molecule has 0 saturated carbocycles. The highest BCUT2D eigenvalue weighted by atomic mass is 32.1. The van der Waals surface area contributed by atoms with E-state index in [0.29, 0.717) is 6.42 Å². The molecule has 1 N–H and O–H groups in total. The molecule has 0 saturated heterocycles. The number of fused-ring (bicyclic) bond motifs is 1. The zero-order valence-corrected chi connectivity index (χ0v) is 16.9. The molecule has 0 unspecified atom stereocenters. The third-order valence-corrected chi connectivity index (χ3v) is 6.46. The minimum absolute atomic E-state index is 0.0616. The van der Waals surface area contributed by atoms with Gasteiger partial charge in [0.2, 0.25) is 5.91 Å². The standard InChI is InChI=1S/C22H24N2O2S/c1-13-9-10-27-21(13)20-19-16(11-22(3,4)12-18(19)26)23-15-7-5-6-8-17(15)24(20)14(2)25/h5-10,20,23H,11-12H2,1-4H3/t20-/m0/s1. The van der Waals surface area contributed by atoms with E-state index in [1.54, 1.807) is 23.2 Å². The number of ketones is 1. The average molecular weight is 381 g/mol. The summed E-state index contributed by atoms with van der Waals surface area (Å²) in [6.07, 6.45) is 1.28. The predicted octanol–water partition coefficient (Wildman–Crippen LogP) is 5.22. The summed E-state index contributed by atoms with van der Waals surface area (Å²) in [5, 5.41) is 5.55. The lowest BCUT2D eigenvalue weighted by molar-refractivity contribution is -0.118. The summed E-state index contributed by atoms with van der Waals surface area (Å²) in [5.74, 6) is 0.0686. The quantitative estimate of drug-likeness (QED) is 0.738. The van der Waals surface area contributed by atoms with Gasteiger partial charge in [0.05, 0.1) is 11.4 Å². The molecule has 1 atom stereocenters. The molecule has 0 fully saturated rings. The van der Waals surface area contributed by atoms with Crippen LogP contribution in [0.25, 0.3) is 0 Å². The molecule has 0 radical (unpaired) electrons. The maximum atomic E-state index is 13.3. The summed E-state index contributed by atoms with van der Waals surface area (Å²) < 4.78 is 0. The Bertz CT molecular complexity index is 970. The highest BCUT2D eigenvalue weighted by molar-refractivity contribution is 7.10. The van der Waals surface area contributed by atoms with E-state index in [4.69, 9.17) is 0 Å². The molecule has 27 heavy (non-hydrogen) atoms. The molecule has 1 amide bonds. The van der Waals surface area contributed by atoms with Gasteiger partial charge in [-0.05, 0) is 47.9 Å². The van der Waals surface area contributed by atoms with E-state index in [1.165, 1.54) is 0 Å². The maximum absolute atomic E-state index is 13.3. The van der Waals surface area contributed by atoms with Gasteiger partial charge in [-0.2, -0.15) is 0 Å². The van der Waals surface area contributed by atoms with Crippen LogP contribution in [-0.2, 0) is 9.59 Å². The Labute approximate surface area is 163 Å². The topological polar surface area (TPSA) is 49.4 Å². The van der Waals surface area contributed by atoms with Gasteiger partial charge in [0, 0.05) is 29.5 Å². The first-order chi connectivity index (χ1) is 12.8. The van der Waals surface area contributed by atoms with Gasteiger partial charge in [-0.1, -0.05) is 26.0 Å². The Morgan fingerprint density at radius 1 is 1.22 bits per heavy atom. The van der Waals surface area contributed by atoms with Gasteiger partial charge in [0.25, 0.3) is 0 Å². The molecular formula is C22H24N2O2S. The number of anilines is 2. The molecule has 2 aromatic rings. The van der Waals surface area contributed by atoms with Crippen LogP contribution in [0.2, 0.25) is 0 Å². The summed E-state index contributed by atoms with van der Waals surface area (Å²) in [6.45, 7) is 7.88. The van der Waals surface area contributed by atoms with Crippen molar-refractivity contribution >= 4 is 34.4 Å². The van der Waals surface area contributed by atoms with Crippen molar-refractivity contribution in [1.82, 2.24) is 0 Å². The van der Waals surface area contributed by atoms with Gasteiger partial charge < -0.3 is 5.32 Å². The third kappa shape index (κ3) is 3.00. The van der Waals surface area contributed by atoms with E-state index in [9.17, 15) is 9.59 Å². The summed E-state index contributed by atoms with van der Waals surface area (Å²) in [6, 6.07) is 9.50. The molecule has 1 aromatic carbocycles. The highest BCUT2D eigenvalue weighted by Gasteiger charge is 2.43. The molecule has 4 rings (SSSR count). The molecule has 5 heteroatoms. The number of nitrogens with one attached hydrogen (secondary N) is 1. The predicted molar refractivity (Wildman–Crippen MR) is 110 cm³/mol. The second-order valence-corrected chi connectivity index (χ2v) is 9.18. The van der Waals surface area contributed by atoms with Crippen LogP contribution >= 0.6 is 11.3 Å². The zero-order chi connectivity index (χ0) is 19.3. The lowest BCUT2D eigenvalue weighted by atomic mass is 9.74. The molecule has 140 valence electrons. The Balaban J connectivity index is 2.02. The summed E-state index contributed by atoms with van der Waals surface area (Å²) in [4.78, 5) is 29.0. The van der Waals surface area contributed by atoms with Crippen molar-refractivity contribution in [2.75, 3.05) is 10.2 Å². The largest absolute Gasteiger partial charge is 0.357 e. The Hall–Kier alpha value is -2.40. The monoisotopic (exact) mass is 380 g/mol. The van der Waals surface area contributed by atoms with Gasteiger partial charge in [-0.15, -0.1) is 11.3 Å². The van der Waals surface area contributed by atoms with Crippen LogP contribution in [0.5, 0.6) is 0 Å². The average Bonchev–Trinajstić information content (AvgIpc) is 2.92. The van der Waals surface area contributed by atoms with Crippen LogP contribution in [0.1, 0.15) is 50.1 Å². The van der Waals surface area contributed by atoms with E-state index in [1.807, 2.05) is 36.6 Å². The van der Waals surface area contributed by atoms with E-state index in [-0.39, 0.29) is 23.1 Å². The van der Waals surface area contributed by atoms with Crippen LogP contribution in [0.3, 0.4) is 0 Å². The van der Waals surface area contributed by atoms with Crippen molar-refractivity contribution in [3.63, 3.8) is 0 Å². The number of allylic oxidation sites excluding steroid dienone is 1. The van der Waals surface area contributed by atoms with Gasteiger partial charge in [-0.25, -0.2) is 0 Å². The number of carbonyl (C=O) groups is 2. The number of carbonyl (C=O) groups excluding carboxylic acids is 2. The second-order valence-electron chi connectivity index (χ2n) is 8.23. The minimum atomic E-state index is -0.378. The maximum Gasteiger partial charge on any atom is 0.224 e. The molecule has 2 aliphatic rings. The lowest BCUT2D eigenvalue weighted by Crippen LogP contribution is -2.38. The van der Waals surface area contributed by atoms with Crippen molar-refractivity contribution in [2.24, 2.45) is 5.41 Å². The fourth-order valence-corrected chi connectivity index (χ4v) is 5.27. The van der Waals surface area contributed by atoms with Gasteiger partial charge >= 0.3 is 0 Å². The van der Waals surface area contributed by atoms with E-state index >= 15 is 0 Å². The number of benzene rings is 1. The Morgan fingerprint density at radius 2 is 1.96 bits per heavy atom. The number of aryl methyl sites for hydroxylation is 1.